The number of carbonyl (C=O) groups is 1. The van der Waals surface area contributed by atoms with E-state index >= 15 is 0 Å². The number of aryl methyl sites for hydroxylation is 1. The molecule has 28 heavy (non-hydrogen) atoms. The van der Waals surface area contributed by atoms with Gasteiger partial charge in [-0.3, -0.25) is 9.36 Å². The molecule has 1 atom stereocenters. The number of benzene rings is 1. The normalized spacial score (nSPS) is 16.6. The molecule has 9 heteroatoms. The molecule has 0 bridgehead atoms. The second-order valence-corrected chi connectivity index (χ2v) is 6.58. The van der Waals surface area contributed by atoms with Gasteiger partial charge in [-0.15, -0.1) is 0 Å². The zero-order chi connectivity index (χ0) is 19.7. The van der Waals surface area contributed by atoms with Crippen LogP contribution < -0.4 is 10.5 Å². The molecule has 1 aliphatic heterocycles. The third-order valence-corrected chi connectivity index (χ3v) is 4.81. The van der Waals surface area contributed by atoms with Gasteiger partial charge in [-0.05, 0) is 18.6 Å². The van der Waals surface area contributed by atoms with E-state index in [9.17, 15) is 14.0 Å². The molecule has 3 aromatic rings. The fraction of sp³-hybridized carbons (Fsp3) is 0.368. The lowest BCUT2D eigenvalue weighted by Gasteiger charge is -2.17. The topological polar surface area (TPSA) is 90.5 Å². The lowest BCUT2D eigenvalue weighted by atomic mass is 10.3. The van der Waals surface area contributed by atoms with Crippen molar-refractivity contribution in [2.45, 2.75) is 32.4 Å². The number of aromatic nitrogens is 3. The van der Waals surface area contributed by atoms with Gasteiger partial charge in [0, 0.05) is 13.0 Å². The molecule has 0 radical (unpaired) electrons. The Morgan fingerprint density at radius 2 is 2.18 bits per heavy atom. The SMILES string of the molecule is CCc1ncnc(OC2CCN(C(=O)Cn3c(=O)oc4ccccc43)C2)c1F. The summed E-state index contributed by atoms with van der Waals surface area (Å²) in [5, 5.41) is 0. The van der Waals surface area contributed by atoms with Crippen LogP contribution in [0, 0.1) is 5.82 Å². The van der Waals surface area contributed by atoms with E-state index in [0.29, 0.717) is 42.7 Å². The van der Waals surface area contributed by atoms with E-state index < -0.39 is 11.6 Å². The van der Waals surface area contributed by atoms with Crippen molar-refractivity contribution in [3.8, 4) is 5.88 Å². The molecule has 0 N–H and O–H groups in total. The third kappa shape index (κ3) is 3.35. The van der Waals surface area contributed by atoms with Crippen molar-refractivity contribution < 1.29 is 18.3 Å². The van der Waals surface area contributed by atoms with Gasteiger partial charge >= 0.3 is 5.76 Å². The van der Waals surface area contributed by atoms with Crippen LogP contribution in [-0.4, -0.2) is 44.5 Å². The highest BCUT2D eigenvalue weighted by Crippen LogP contribution is 2.21. The Bertz CT molecular complexity index is 1080. The number of hydrogen-bond acceptors (Lipinski definition) is 6. The van der Waals surface area contributed by atoms with Crippen molar-refractivity contribution in [3.05, 3.63) is 52.7 Å². The van der Waals surface area contributed by atoms with Crippen LogP contribution >= 0.6 is 0 Å². The van der Waals surface area contributed by atoms with Gasteiger partial charge in [-0.2, -0.15) is 9.37 Å². The van der Waals surface area contributed by atoms with Crippen LogP contribution in [0.15, 0.2) is 39.8 Å². The molecular formula is C19H19FN4O4. The molecule has 8 nitrogen and oxygen atoms in total. The average molecular weight is 386 g/mol. The molecule has 0 spiro atoms. The van der Waals surface area contributed by atoms with Gasteiger partial charge < -0.3 is 14.1 Å². The summed E-state index contributed by atoms with van der Waals surface area (Å²) < 4.78 is 26.4. The molecule has 0 aliphatic carbocycles. The van der Waals surface area contributed by atoms with E-state index in [-0.39, 0.29) is 24.4 Å². The third-order valence-electron chi connectivity index (χ3n) is 4.81. The molecule has 146 valence electrons. The Labute approximate surface area is 159 Å². The van der Waals surface area contributed by atoms with Crippen LogP contribution in [-0.2, 0) is 17.8 Å². The lowest BCUT2D eigenvalue weighted by molar-refractivity contribution is -0.131. The second-order valence-electron chi connectivity index (χ2n) is 6.58. The van der Waals surface area contributed by atoms with Gasteiger partial charge in [0.05, 0.1) is 17.8 Å². The minimum absolute atomic E-state index is 0.0943. The van der Waals surface area contributed by atoms with Crippen LogP contribution in [0.1, 0.15) is 19.0 Å². The minimum atomic E-state index is -0.573. The van der Waals surface area contributed by atoms with Gasteiger partial charge in [-0.1, -0.05) is 19.1 Å². The zero-order valence-corrected chi connectivity index (χ0v) is 15.3. The number of fused-ring (bicyclic) bond motifs is 1. The number of ether oxygens (including phenoxy) is 1. The van der Waals surface area contributed by atoms with Crippen molar-refractivity contribution >= 4 is 17.0 Å². The number of carbonyl (C=O) groups excluding carboxylic acids is 1. The summed E-state index contributed by atoms with van der Waals surface area (Å²) in [6, 6.07) is 6.94. The molecule has 1 unspecified atom stereocenters. The first kappa shape index (κ1) is 18.1. The summed E-state index contributed by atoms with van der Waals surface area (Å²) in [7, 11) is 0. The largest absolute Gasteiger partial charge is 0.470 e. The smallest absolute Gasteiger partial charge is 0.420 e. The van der Waals surface area contributed by atoms with Crippen LogP contribution in [0.5, 0.6) is 5.88 Å². The molecule has 4 rings (SSSR count). The molecule has 1 amide bonds. The molecule has 1 aromatic carbocycles. The Balaban J connectivity index is 1.43. The number of hydrogen-bond donors (Lipinski definition) is 0. The Kier molecular flexibility index (Phi) is 4.81. The van der Waals surface area contributed by atoms with Crippen LogP contribution in [0.25, 0.3) is 11.1 Å². The zero-order valence-electron chi connectivity index (χ0n) is 15.3. The first-order valence-electron chi connectivity index (χ1n) is 9.09. The van der Waals surface area contributed by atoms with Gasteiger partial charge in [0.15, 0.2) is 5.58 Å². The number of halogens is 1. The maximum absolute atomic E-state index is 14.2. The maximum atomic E-state index is 14.2. The molecular weight excluding hydrogens is 367 g/mol. The van der Waals surface area contributed by atoms with Gasteiger partial charge in [0.1, 0.15) is 19.0 Å². The monoisotopic (exact) mass is 386 g/mol. The Morgan fingerprint density at radius 1 is 1.36 bits per heavy atom. The van der Waals surface area contributed by atoms with Gasteiger partial charge in [0.2, 0.25) is 11.7 Å². The highest BCUT2D eigenvalue weighted by Gasteiger charge is 2.29. The van der Waals surface area contributed by atoms with Crippen molar-refractivity contribution in [1.29, 1.82) is 0 Å². The Morgan fingerprint density at radius 3 is 3.00 bits per heavy atom. The highest BCUT2D eigenvalue weighted by molar-refractivity contribution is 5.79. The van der Waals surface area contributed by atoms with E-state index in [1.807, 2.05) is 0 Å². The molecule has 1 aliphatic rings. The standard InChI is InChI=1S/C19H19FN4O4/c1-2-13-17(20)18(22-11-21-13)27-12-7-8-23(9-12)16(25)10-24-14-5-3-4-6-15(14)28-19(24)26/h3-6,11-12H,2,7-10H2,1H3. The summed E-state index contributed by atoms with van der Waals surface area (Å²) in [4.78, 5) is 34.0. The summed E-state index contributed by atoms with van der Waals surface area (Å²) >= 11 is 0. The molecule has 0 saturated carbocycles. The van der Waals surface area contributed by atoms with Crippen LogP contribution in [0.2, 0.25) is 0 Å². The van der Waals surface area contributed by atoms with Gasteiger partial charge in [-0.25, -0.2) is 9.78 Å². The summed E-state index contributed by atoms with van der Waals surface area (Å²) in [5.41, 5.74) is 1.30. The Hall–Kier alpha value is -3.23. The first-order chi connectivity index (χ1) is 13.6. The number of rotatable bonds is 5. The molecule has 2 aromatic heterocycles. The lowest BCUT2D eigenvalue weighted by Crippen LogP contribution is -2.35. The van der Waals surface area contributed by atoms with E-state index in [1.54, 1.807) is 36.1 Å². The number of likely N-dealkylation sites (tertiary alicyclic amines) is 1. The molecule has 3 heterocycles. The first-order valence-corrected chi connectivity index (χ1v) is 9.09. The fourth-order valence-electron chi connectivity index (χ4n) is 3.32. The second kappa shape index (κ2) is 7.41. The summed E-state index contributed by atoms with van der Waals surface area (Å²) in [6.45, 7) is 2.44. The van der Waals surface area contributed by atoms with E-state index in [1.165, 1.54) is 10.9 Å². The number of para-hydroxylation sites is 2. The van der Waals surface area contributed by atoms with Crippen molar-refractivity contribution in [2.75, 3.05) is 13.1 Å². The highest BCUT2D eigenvalue weighted by atomic mass is 19.1. The fourth-order valence-corrected chi connectivity index (χ4v) is 3.32. The molecule has 1 fully saturated rings. The van der Waals surface area contributed by atoms with Crippen molar-refractivity contribution in [2.24, 2.45) is 0 Å². The van der Waals surface area contributed by atoms with Crippen molar-refractivity contribution in [3.63, 3.8) is 0 Å². The van der Waals surface area contributed by atoms with E-state index in [2.05, 4.69) is 9.97 Å². The van der Waals surface area contributed by atoms with E-state index in [4.69, 9.17) is 9.15 Å². The maximum Gasteiger partial charge on any atom is 0.420 e. The number of nitrogens with zero attached hydrogens (tertiary/aromatic N) is 4. The minimum Gasteiger partial charge on any atom is -0.470 e. The number of oxazole rings is 1. The molecule has 1 saturated heterocycles. The van der Waals surface area contributed by atoms with Gasteiger partial charge in [0.25, 0.3) is 5.88 Å². The van der Waals surface area contributed by atoms with Crippen LogP contribution in [0.4, 0.5) is 4.39 Å². The predicted octanol–water partition coefficient (Wildman–Crippen LogP) is 1.77. The number of amides is 1. The summed E-state index contributed by atoms with van der Waals surface area (Å²) in [5.74, 6) is -1.46. The van der Waals surface area contributed by atoms with Crippen LogP contribution in [0.3, 0.4) is 0 Å². The summed E-state index contributed by atoms with van der Waals surface area (Å²) in [6.07, 6.45) is 1.90. The predicted molar refractivity (Wildman–Crippen MR) is 97.5 cm³/mol. The quantitative estimate of drug-likeness (QED) is 0.664. The van der Waals surface area contributed by atoms with Crippen molar-refractivity contribution in [1.82, 2.24) is 19.4 Å². The average Bonchev–Trinajstić information content (AvgIpc) is 3.28. The van der Waals surface area contributed by atoms with E-state index in [0.717, 1.165) is 0 Å².